The summed E-state index contributed by atoms with van der Waals surface area (Å²) < 4.78 is 30.8. The lowest BCUT2D eigenvalue weighted by atomic mass is 10.2. The maximum atomic E-state index is 12.6. The van der Waals surface area contributed by atoms with Gasteiger partial charge in [0.05, 0.1) is 18.5 Å². The minimum absolute atomic E-state index is 0.0304. The van der Waals surface area contributed by atoms with Gasteiger partial charge in [0.15, 0.2) is 10.8 Å². The SMILES string of the molecule is Cc1ccc(NC(=O)Nc2ncc(S(=O)(=O)c3nc(C(=O)O)c[nH]3)s2)c(OCC(C)C)c1. The largest absolute Gasteiger partial charge is 0.491 e. The first-order valence-corrected chi connectivity index (χ1v) is 11.7. The number of H-pyrrole nitrogens is 1. The lowest BCUT2D eigenvalue weighted by Crippen LogP contribution is -2.20. The Hall–Kier alpha value is -3.45. The fourth-order valence-corrected chi connectivity index (χ4v) is 4.72. The Labute approximate surface area is 187 Å². The van der Waals surface area contributed by atoms with Gasteiger partial charge < -0.3 is 20.1 Å². The Morgan fingerprint density at radius 1 is 1.28 bits per heavy atom. The summed E-state index contributed by atoms with van der Waals surface area (Å²) in [5, 5.41) is 13.5. The Morgan fingerprint density at radius 2 is 2.03 bits per heavy atom. The number of carbonyl (C=O) groups excluding carboxylic acids is 1. The molecule has 0 unspecified atom stereocenters. The molecule has 0 atom stereocenters. The van der Waals surface area contributed by atoms with Crippen molar-refractivity contribution in [2.24, 2.45) is 5.92 Å². The maximum Gasteiger partial charge on any atom is 0.356 e. The van der Waals surface area contributed by atoms with Crippen LogP contribution in [0.25, 0.3) is 0 Å². The van der Waals surface area contributed by atoms with Gasteiger partial charge in [-0.2, -0.15) is 0 Å². The van der Waals surface area contributed by atoms with Crippen LogP contribution in [0.3, 0.4) is 0 Å². The predicted octanol–water partition coefficient (Wildman–Crippen LogP) is 3.38. The molecule has 0 bridgehead atoms. The lowest BCUT2D eigenvalue weighted by Gasteiger charge is -2.14. The summed E-state index contributed by atoms with van der Waals surface area (Å²) in [4.78, 5) is 33.1. The number of hydrogen-bond acceptors (Lipinski definition) is 8. The van der Waals surface area contributed by atoms with Crippen LogP contribution in [0.5, 0.6) is 5.75 Å². The number of nitrogens with zero attached hydrogens (tertiary/aromatic N) is 2. The molecule has 0 saturated heterocycles. The average molecular weight is 480 g/mol. The molecule has 0 saturated carbocycles. The number of hydrogen-bond donors (Lipinski definition) is 4. The van der Waals surface area contributed by atoms with E-state index in [0.29, 0.717) is 35.3 Å². The third kappa shape index (κ3) is 5.42. The average Bonchev–Trinajstić information content (AvgIpc) is 3.38. The fraction of sp³-hybridized carbons (Fsp3) is 0.263. The van der Waals surface area contributed by atoms with Crippen molar-refractivity contribution < 1.29 is 27.9 Å². The van der Waals surface area contributed by atoms with Crippen LogP contribution in [0, 0.1) is 12.8 Å². The van der Waals surface area contributed by atoms with E-state index in [-0.39, 0.29) is 9.34 Å². The third-order valence-electron chi connectivity index (χ3n) is 3.96. The van der Waals surface area contributed by atoms with Crippen molar-refractivity contribution in [3.63, 3.8) is 0 Å². The molecule has 13 heteroatoms. The van der Waals surface area contributed by atoms with Gasteiger partial charge in [0.25, 0.3) is 9.84 Å². The molecule has 3 aromatic rings. The minimum atomic E-state index is -4.12. The van der Waals surface area contributed by atoms with E-state index in [1.165, 1.54) is 0 Å². The van der Waals surface area contributed by atoms with Crippen molar-refractivity contribution in [1.82, 2.24) is 15.0 Å². The number of anilines is 2. The highest BCUT2D eigenvalue weighted by Crippen LogP contribution is 2.29. The van der Waals surface area contributed by atoms with Gasteiger partial charge in [-0.3, -0.25) is 5.32 Å². The molecule has 0 spiro atoms. The second-order valence-corrected chi connectivity index (χ2v) is 10.3. The van der Waals surface area contributed by atoms with Crippen molar-refractivity contribution in [2.75, 3.05) is 17.2 Å². The lowest BCUT2D eigenvalue weighted by molar-refractivity contribution is 0.0690. The first-order chi connectivity index (χ1) is 15.1. The van der Waals surface area contributed by atoms with Crippen LogP contribution in [0.15, 0.2) is 40.0 Å². The molecule has 0 aliphatic carbocycles. The molecule has 170 valence electrons. The zero-order valence-electron chi connectivity index (χ0n) is 17.4. The van der Waals surface area contributed by atoms with Crippen LogP contribution in [0.2, 0.25) is 0 Å². The predicted molar refractivity (Wildman–Crippen MR) is 117 cm³/mol. The Balaban J connectivity index is 1.72. The van der Waals surface area contributed by atoms with Crippen molar-refractivity contribution in [3.8, 4) is 5.75 Å². The number of rotatable bonds is 8. The molecule has 4 N–H and O–H groups in total. The summed E-state index contributed by atoms with van der Waals surface area (Å²) in [6, 6.07) is 4.70. The summed E-state index contributed by atoms with van der Waals surface area (Å²) >= 11 is 0.702. The number of aromatic amines is 1. The number of thiazole rings is 1. The maximum absolute atomic E-state index is 12.6. The summed E-state index contributed by atoms with van der Waals surface area (Å²) in [5.74, 6) is -0.546. The zero-order chi connectivity index (χ0) is 23.5. The van der Waals surface area contributed by atoms with Crippen LogP contribution < -0.4 is 15.4 Å². The van der Waals surface area contributed by atoms with E-state index in [9.17, 15) is 18.0 Å². The van der Waals surface area contributed by atoms with Crippen molar-refractivity contribution >= 4 is 44.0 Å². The highest BCUT2D eigenvalue weighted by Gasteiger charge is 2.26. The first kappa shape index (κ1) is 23.2. The zero-order valence-corrected chi connectivity index (χ0v) is 19.0. The van der Waals surface area contributed by atoms with Gasteiger partial charge in [-0.05, 0) is 30.5 Å². The molecule has 3 rings (SSSR count). The van der Waals surface area contributed by atoms with E-state index in [0.717, 1.165) is 18.0 Å². The number of carbonyl (C=O) groups is 2. The van der Waals surface area contributed by atoms with E-state index < -0.39 is 32.7 Å². The van der Waals surface area contributed by atoms with E-state index in [4.69, 9.17) is 9.84 Å². The van der Waals surface area contributed by atoms with E-state index in [1.807, 2.05) is 26.8 Å². The highest BCUT2D eigenvalue weighted by molar-refractivity contribution is 7.93. The van der Waals surface area contributed by atoms with Crippen molar-refractivity contribution in [3.05, 3.63) is 41.9 Å². The van der Waals surface area contributed by atoms with Gasteiger partial charge >= 0.3 is 12.0 Å². The second kappa shape index (κ2) is 9.36. The number of urea groups is 1. The molecule has 1 aromatic carbocycles. The van der Waals surface area contributed by atoms with Crippen LogP contribution >= 0.6 is 11.3 Å². The smallest absolute Gasteiger partial charge is 0.356 e. The van der Waals surface area contributed by atoms with Crippen LogP contribution in [0.4, 0.5) is 15.6 Å². The molecule has 32 heavy (non-hydrogen) atoms. The normalized spacial score (nSPS) is 11.4. The molecule has 0 aliphatic heterocycles. The molecule has 2 amide bonds. The van der Waals surface area contributed by atoms with Gasteiger partial charge in [-0.15, -0.1) is 0 Å². The van der Waals surface area contributed by atoms with Crippen molar-refractivity contribution in [1.29, 1.82) is 0 Å². The summed E-state index contributed by atoms with van der Waals surface area (Å²) in [6.07, 6.45) is 2.03. The molecule has 11 nitrogen and oxygen atoms in total. The summed E-state index contributed by atoms with van der Waals surface area (Å²) in [7, 11) is -4.12. The number of aromatic carboxylic acids is 1. The monoisotopic (exact) mass is 479 g/mol. The summed E-state index contributed by atoms with van der Waals surface area (Å²) in [6.45, 7) is 6.40. The topological polar surface area (TPSA) is 163 Å². The third-order valence-corrected chi connectivity index (χ3v) is 6.92. The molecule has 2 heterocycles. The quantitative estimate of drug-likeness (QED) is 0.382. The number of ether oxygens (including phenoxy) is 1. The molecular weight excluding hydrogens is 458 g/mol. The Bertz CT molecular complexity index is 1250. The number of carboxylic acids is 1. The van der Waals surface area contributed by atoms with Gasteiger partial charge in [0.2, 0.25) is 5.16 Å². The molecular formula is C19H21N5O6S2. The van der Waals surface area contributed by atoms with E-state index in [2.05, 4.69) is 25.6 Å². The van der Waals surface area contributed by atoms with Crippen LogP contribution in [-0.4, -0.2) is 47.1 Å². The Morgan fingerprint density at radius 3 is 2.69 bits per heavy atom. The second-order valence-electron chi connectivity index (χ2n) is 7.17. The number of aromatic nitrogens is 3. The van der Waals surface area contributed by atoms with E-state index in [1.54, 1.807) is 12.1 Å². The number of nitrogens with one attached hydrogen (secondary N) is 3. The molecule has 0 fully saturated rings. The summed E-state index contributed by atoms with van der Waals surface area (Å²) in [5.41, 5.74) is 0.989. The number of amides is 2. The fourth-order valence-electron chi connectivity index (χ4n) is 2.45. The number of imidazole rings is 1. The van der Waals surface area contributed by atoms with Crippen LogP contribution in [0.1, 0.15) is 29.9 Å². The first-order valence-electron chi connectivity index (χ1n) is 9.37. The number of benzene rings is 1. The van der Waals surface area contributed by atoms with Gasteiger partial charge in [-0.25, -0.2) is 28.0 Å². The number of carboxylic acid groups (broad SMARTS) is 1. The van der Waals surface area contributed by atoms with Crippen LogP contribution in [-0.2, 0) is 9.84 Å². The molecule has 0 radical (unpaired) electrons. The van der Waals surface area contributed by atoms with Gasteiger partial charge in [0, 0.05) is 6.20 Å². The van der Waals surface area contributed by atoms with Crippen molar-refractivity contribution in [2.45, 2.75) is 30.1 Å². The molecule has 0 aliphatic rings. The van der Waals surface area contributed by atoms with Gasteiger partial charge in [-0.1, -0.05) is 31.3 Å². The highest BCUT2D eigenvalue weighted by atomic mass is 32.2. The minimum Gasteiger partial charge on any atom is -0.491 e. The number of sulfone groups is 1. The molecule has 2 aromatic heterocycles. The standard InChI is InChI=1S/C19H21N5O6S2/c1-10(2)9-30-14-6-11(3)4-5-12(14)22-17(27)24-18-20-8-15(31-18)32(28,29)19-21-7-13(23-19)16(25)26/h4-8,10H,9H2,1-3H3,(H,21,23)(H,25,26)(H2,20,22,24,27). The van der Waals surface area contributed by atoms with E-state index >= 15 is 0 Å². The Kier molecular flexibility index (Phi) is 6.79. The number of aryl methyl sites for hydroxylation is 1. The van der Waals surface area contributed by atoms with Gasteiger partial charge in [0.1, 0.15) is 9.96 Å².